The van der Waals surface area contributed by atoms with Crippen LogP contribution >= 0.6 is 0 Å². The third-order valence-electron chi connectivity index (χ3n) is 4.53. The van der Waals surface area contributed by atoms with Gasteiger partial charge in [0.1, 0.15) is 5.82 Å². The molecule has 1 saturated heterocycles. The van der Waals surface area contributed by atoms with Crippen molar-refractivity contribution in [2.24, 2.45) is 13.0 Å². The molecule has 0 radical (unpaired) electrons. The number of nitrogens with zero attached hydrogens (tertiary/aromatic N) is 4. The number of urea groups is 1. The molecule has 2 aromatic rings. The minimum atomic E-state index is -0.460. The first kappa shape index (κ1) is 16.9. The van der Waals surface area contributed by atoms with E-state index in [1.54, 1.807) is 23.2 Å². The molecule has 0 aliphatic carbocycles. The standard InChI is InChI=1S/C17H21N5O3/c1-20-10-8-18-16(20)11-13-3-2-9-21(12-13)17(23)19-14-4-6-15(7-5-14)22(24)25/h4-8,10,13H,2-3,9,11-12H2,1H3,(H,19,23)/t13-/m1/s1. The van der Waals surface area contributed by atoms with E-state index >= 15 is 0 Å². The van der Waals surface area contributed by atoms with Crippen molar-refractivity contribution < 1.29 is 9.72 Å². The third kappa shape index (κ3) is 4.14. The van der Waals surface area contributed by atoms with Crippen molar-refractivity contribution in [2.75, 3.05) is 18.4 Å². The van der Waals surface area contributed by atoms with E-state index in [9.17, 15) is 14.9 Å². The zero-order valence-corrected chi connectivity index (χ0v) is 14.1. The number of aryl methyl sites for hydroxylation is 1. The lowest BCUT2D eigenvalue weighted by Gasteiger charge is -2.32. The van der Waals surface area contributed by atoms with Crippen LogP contribution in [0.15, 0.2) is 36.7 Å². The average Bonchev–Trinajstić information content (AvgIpc) is 3.00. The van der Waals surface area contributed by atoms with Crippen molar-refractivity contribution in [3.8, 4) is 0 Å². The summed E-state index contributed by atoms with van der Waals surface area (Å²) in [7, 11) is 1.98. The van der Waals surface area contributed by atoms with Gasteiger partial charge in [0, 0.05) is 56.8 Å². The molecule has 2 heterocycles. The van der Waals surface area contributed by atoms with Crippen molar-refractivity contribution in [3.63, 3.8) is 0 Å². The van der Waals surface area contributed by atoms with Gasteiger partial charge in [-0.05, 0) is 30.9 Å². The highest BCUT2D eigenvalue weighted by molar-refractivity contribution is 5.89. The molecule has 25 heavy (non-hydrogen) atoms. The van der Waals surface area contributed by atoms with Crippen LogP contribution in [-0.2, 0) is 13.5 Å². The maximum atomic E-state index is 12.5. The number of carbonyl (C=O) groups is 1. The largest absolute Gasteiger partial charge is 0.338 e. The van der Waals surface area contributed by atoms with E-state index in [1.807, 2.05) is 17.8 Å². The van der Waals surface area contributed by atoms with Crippen molar-refractivity contribution >= 4 is 17.4 Å². The van der Waals surface area contributed by atoms with E-state index in [-0.39, 0.29) is 11.7 Å². The van der Waals surface area contributed by atoms with E-state index in [4.69, 9.17) is 0 Å². The summed E-state index contributed by atoms with van der Waals surface area (Å²) in [5.41, 5.74) is 0.563. The summed E-state index contributed by atoms with van der Waals surface area (Å²) in [4.78, 5) is 28.8. The Kier molecular flexibility index (Phi) is 4.97. The van der Waals surface area contributed by atoms with Gasteiger partial charge < -0.3 is 14.8 Å². The van der Waals surface area contributed by atoms with Gasteiger partial charge >= 0.3 is 6.03 Å². The summed E-state index contributed by atoms with van der Waals surface area (Å²) in [5, 5.41) is 13.5. The van der Waals surface area contributed by atoms with Gasteiger partial charge in [0.05, 0.1) is 4.92 Å². The molecule has 2 amide bonds. The number of non-ortho nitro benzene ring substituents is 1. The third-order valence-corrected chi connectivity index (χ3v) is 4.53. The van der Waals surface area contributed by atoms with Crippen LogP contribution < -0.4 is 5.32 Å². The van der Waals surface area contributed by atoms with E-state index in [2.05, 4.69) is 10.3 Å². The Morgan fingerprint density at radius 2 is 2.16 bits per heavy atom. The molecule has 1 N–H and O–H groups in total. The van der Waals surface area contributed by atoms with Gasteiger partial charge in [-0.25, -0.2) is 9.78 Å². The second-order valence-corrected chi connectivity index (χ2v) is 6.35. The number of anilines is 1. The number of hydrogen-bond acceptors (Lipinski definition) is 4. The van der Waals surface area contributed by atoms with Gasteiger partial charge in [0.15, 0.2) is 0 Å². The van der Waals surface area contributed by atoms with E-state index < -0.39 is 4.92 Å². The number of piperidine rings is 1. The number of imidazole rings is 1. The molecular weight excluding hydrogens is 322 g/mol. The number of aromatic nitrogens is 2. The fourth-order valence-corrected chi connectivity index (χ4v) is 3.14. The molecule has 1 aromatic carbocycles. The smallest absolute Gasteiger partial charge is 0.321 e. The number of nitrogens with one attached hydrogen (secondary N) is 1. The molecule has 0 bridgehead atoms. The predicted molar refractivity (Wildman–Crippen MR) is 93.3 cm³/mol. The molecule has 0 spiro atoms. The van der Waals surface area contributed by atoms with Crippen LogP contribution in [0.5, 0.6) is 0 Å². The molecule has 8 heteroatoms. The molecule has 8 nitrogen and oxygen atoms in total. The Labute approximate surface area is 145 Å². The second kappa shape index (κ2) is 7.33. The highest BCUT2D eigenvalue weighted by atomic mass is 16.6. The van der Waals surface area contributed by atoms with Crippen LogP contribution in [0.1, 0.15) is 18.7 Å². The Bertz CT molecular complexity index is 756. The first-order valence-corrected chi connectivity index (χ1v) is 8.29. The number of nitro benzene ring substituents is 1. The summed E-state index contributed by atoms with van der Waals surface area (Å²) in [6.07, 6.45) is 6.61. The number of benzene rings is 1. The highest BCUT2D eigenvalue weighted by Crippen LogP contribution is 2.21. The molecule has 132 valence electrons. The first-order chi connectivity index (χ1) is 12.0. The lowest BCUT2D eigenvalue weighted by atomic mass is 9.94. The quantitative estimate of drug-likeness (QED) is 0.682. The summed E-state index contributed by atoms with van der Waals surface area (Å²) < 4.78 is 2.01. The van der Waals surface area contributed by atoms with Crippen LogP contribution in [0.4, 0.5) is 16.2 Å². The van der Waals surface area contributed by atoms with Crippen LogP contribution in [0.2, 0.25) is 0 Å². The number of likely N-dealkylation sites (tertiary alicyclic amines) is 1. The molecule has 0 unspecified atom stereocenters. The average molecular weight is 343 g/mol. The van der Waals surface area contributed by atoms with E-state index in [1.165, 1.54) is 12.1 Å². The fraction of sp³-hybridized carbons (Fsp3) is 0.412. The molecule has 1 aromatic heterocycles. The molecule has 1 aliphatic rings. The monoisotopic (exact) mass is 343 g/mol. The van der Waals surface area contributed by atoms with Crippen LogP contribution in [-0.4, -0.2) is 38.5 Å². The SMILES string of the molecule is Cn1ccnc1C[C@H]1CCCN(C(=O)Nc2ccc([N+](=O)[O-])cc2)C1. The maximum absolute atomic E-state index is 12.5. The normalized spacial score (nSPS) is 17.3. The molecule has 0 saturated carbocycles. The van der Waals surface area contributed by atoms with Gasteiger partial charge in [-0.15, -0.1) is 0 Å². The maximum Gasteiger partial charge on any atom is 0.321 e. The lowest BCUT2D eigenvalue weighted by Crippen LogP contribution is -2.43. The zero-order valence-electron chi connectivity index (χ0n) is 14.1. The summed E-state index contributed by atoms with van der Waals surface area (Å²) in [6, 6.07) is 5.70. The van der Waals surface area contributed by atoms with Gasteiger partial charge in [-0.1, -0.05) is 0 Å². The second-order valence-electron chi connectivity index (χ2n) is 6.35. The van der Waals surface area contributed by atoms with Gasteiger partial charge in [0.25, 0.3) is 5.69 Å². The summed E-state index contributed by atoms with van der Waals surface area (Å²) >= 11 is 0. The highest BCUT2D eigenvalue weighted by Gasteiger charge is 2.25. The van der Waals surface area contributed by atoms with Crippen molar-refractivity contribution in [2.45, 2.75) is 19.3 Å². The Balaban J connectivity index is 1.58. The van der Waals surface area contributed by atoms with E-state index in [0.717, 1.165) is 31.6 Å². The number of carbonyl (C=O) groups excluding carboxylic acids is 1. The van der Waals surface area contributed by atoms with Crippen molar-refractivity contribution in [1.29, 1.82) is 0 Å². The van der Waals surface area contributed by atoms with Crippen molar-refractivity contribution in [1.82, 2.24) is 14.5 Å². The lowest BCUT2D eigenvalue weighted by molar-refractivity contribution is -0.384. The molecule has 3 rings (SSSR count). The Morgan fingerprint density at radius 3 is 2.80 bits per heavy atom. The van der Waals surface area contributed by atoms with E-state index in [0.29, 0.717) is 18.2 Å². The van der Waals surface area contributed by atoms with Crippen LogP contribution in [0.3, 0.4) is 0 Å². The zero-order chi connectivity index (χ0) is 17.8. The van der Waals surface area contributed by atoms with Crippen LogP contribution in [0, 0.1) is 16.0 Å². The molecule has 1 fully saturated rings. The fourth-order valence-electron chi connectivity index (χ4n) is 3.14. The minimum absolute atomic E-state index is 0.00565. The topological polar surface area (TPSA) is 93.3 Å². The first-order valence-electron chi connectivity index (χ1n) is 8.29. The number of amides is 2. The molecule has 1 aliphatic heterocycles. The number of rotatable bonds is 4. The summed E-state index contributed by atoms with van der Waals surface area (Å²) in [5.74, 6) is 1.42. The van der Waals surface area contributed by atoms with Gasteiger partial charge in [-0.3, -0.25) is 10.1 Å². The molecule has 1 atom stereocenters. The summed E-state index contributed by atoms with van der Waals surface area (Å²) in [6.45, 7) is 1.40. The van der Waals surface area contributed by atoms with Gasteiger partial charge in [-0.2, -0.15) is 0 Å². The minimum Gasteiger partial charge on any atom is -0.338 e. The molecular formula is C17H21N5O3. The number of nitro groups is 1. The number of hydrogen-bond donors (Lipinski definition) is 1. The van der Waals surface area contributed by atoms with Gasteiger partial charge in [0.2, 0.25) is 0 Å². The Morgan fingerprint density at radius 1 is 1.40 bits per heavy atom. The Hall–Kier alpha value is -2.90. The van der Waals surface area contributed by atoms with Crippen LogP contribution in [0.25, 0.3) is 0 Å². The van der Waals surface area contributed by atoms with Crippen molar-refractivity contribution in [3.05, 3.63) is 52.6 Å². The predicted octanol–water partition coefficient (Wildman–Crippen LogP) is 2.81.